The van der Waals surface area contributed by atoms with E-state index < -0.39 is 9.84 Å². The minimum atomic E-state index is -3.22. The highest BCUT2D eigenvalue weighted by atomic mass is 35.5. The van der Waals surface area contributed by atoms with Crippen molar-refractivity contribution in [1.29, 1.82) is 0 Å². The predicted octanol–water partition coefficient (Wildman–Crippen LogP) is 0.589. The number of sulfone groups is 1. The number of nitrogens with two attached hydrogens (primary N) is 1. The fourth-order valence-corrected chi connectivity index (χ4v) is 1.85. The molecule has 0 saturated heterocycles. The number of nitrogens with one attached hydrogen (secondary N) is 1. The number of hydrogen-bond acceptors (Lipinski definition) is 4. The summed E-state index contributed by atoms with van der Waals surface area (Å²) >= 11 is 0. The van der Waals surface area contributed by atoms with Gasteiger partial charge in [0.1, 0.15) is 0 Å². The molecule has 1 amide bonds. The van der Waals surface area contributed by atoms with E-state index in [1.54, 1.807) is 6.92 Å². The Morgan fingerprint density at radius 2 is 1.83 bits per heavy atom. The van der Waals surface area contributed by atoms with Gasteiger partial charge in [-0.3, -0.25) is 4.79 Å². The van der Waals surface area contributed by atoms with Crippen LogP contribution in [0.5, 0.6) is 0 Å². The first kappa shape index (κ1) is 16.9. The molecule has 0 aliphatic carbocycles. The molecule has 0 bridgehead atoms. The number of rotatable bonds is 4. The number of amides is 1. The van der Waals surface area contributed by atoms with Crippen LogP contribution in [0.4, 0.5) is 0 Å². The van der Waals surface area contributed by atoms with Crippen LogP contribution in [0.2, 0.25) is 0 Å². The van der Waals surface area contributed by atoms with Gasteiger partial charge in [-0.05, 0) is 31.2 Å². The molecule has 0 radical (unpaired) electrons. The first-order valence-corrected chi connectivity index (χ1v) is 7.05. The van der Waals surface area contributed by atoms with Gasteiger partial charge in [0.2, 0.25) is 0 Å². The highest BCUT2D eigenvalue weighted by Crippen LogP contribution is 2.10. The van der Waals surface area contributed by atoms with E-state index in [4.69, 9.17) is 5.73 Å². The molecule has 0 aromatic heterocycles. The molecule has 3 N–H and O–H groups in total. The zero-order valence-electron chi connectivity index (χ0n) is 10.2. The largest absolute Gasteiger partial charge is 0.348 e. The zero-order chi connectivity index (χ0) is 13.1. The highest BCUT2D eigenvalue weighted by Gasteiger charge is 2.11. The Morgan fingerprint density at radius 1 is 1.33 bits per heavy atom. The van der Waals surface area contributed by atoms with E-state index in [-0.39, 0.29) is 29.3 Å². The van der Waals surface area contributed by atoms with Gasteiger partial charge in [-0.15, -0.1) is 12.4 Å². The molecule has 18 heavy (non-hydrogen) atoms. The quantitative estimate of drug-likeness (QED) is 0.850. The summed E-state index contributed by atoms with van der Waals surface area (Å²) in [5.74, 6) is -0.261. The number of hydrogen-bond donors (Lipinski definition) is 2. The predicted molar refractivity (Wildman–Crippen MR) is 72.8 cm³/mol. The number of carbonyl (C=O) groups excluding carboxylic acids is 1. The lowest BCUT2D eigenvalue weighted by Crippen LogP contribution is -2.37. The van der Waals surface area contributed by atoms with E-state index >= 15 is 0 Å². The van der Waals surface area contributed by atoms with Crippen LogP contribution in [-0.2, 0) is 9.84 Å². The molecule has 5 nitrogen and oxygen atoms in total. The van der Waals surface area contributed by atoms with Gasteiger partial charge in [-0.2, -0.15) is 0 Å². The first-order chi connectivity index (χ1) is 7.84. The number of carbonyl (C=O) groups is 1. The second-order valence-corrected chi connectivity index (χ2v) is 5.92. The first-order valence-electron chi connectivity index (χ1n) is 5.15. The molecular weight excluding hydrogens is 276 g/mol. The third-order valence-corrected chi connectivity index (χ3v) is 3.40. The van der Waals surface area contributed by atoms with Gasteiger partial charge in [-0.25, -0.2) is 8.42 Å². The van der Waals surface area contributed by atoms with Crippen molar-refractivity contribution in [2.24, 2.45) is 5.73 Å². The molecule has 1 aromatic carbocycles. The van der Waals surface area contributed by atoms with E-state index in [0.717, 1.165) is 6.26 Å². The van der Waals surface area contributed by atoms with E-state index in [0.29, 0.717) is 12.1 Å². The van der Waals surface area contributed by atoms with Crippen LogP contribution in [0.15, 0.2) is 29.2 Å². The Morgan fingerprint density at radius 3 is 2.22 bits per heavy atom. The topological polar surface area (TPSA) is 89.3 Å². The summed E-state index contributed by atoms with van der Waals surface area (Å²) in [6, 6.07) is 5.68. The van der Waals surface area contributed by atoms with Gasteiger partial charge in [-0.1, -0.05) is 0 Å². The van der Waals surface area contributed by atoms with Crippen LogP contribution in [0.3, 0.4) is 0 Å². The number of benzene rings is 1. The molecule has 1 atom stereocenters. The van der Waals surface area contributed by atoms with Crippen LogP contribution in [0.25, 0.3) is 0 Å². The molecule has 102 valence electrons. The molecule has 7 heteroatoms. The molecule has 0 saturated carbocycles. The second kappa shape index (κ2) is 6.72. The zero-order valence-corrected chi connectivity index (χ0v) is 11.8. The molecule has 0 spiro atoms. The molecule has 0 aliphatic rings. The van der Waals surface area contributed by atoms with Gasteiger partial charge in [0, 0.05) is 24.4 Å². The lowest BCUT2D eigenvalue weighted by Gasteiger charge is -2.11. The van der Waals surface area contributed by atoms with Crippen LogP contribution < -0.4 is 11.1 Å². The molecule has 0 unspecified atom stereocenters. The summed E-state index contributed by atoms with van der Waals surface area (Å²) < 4.78 is 22.4. The minimum absolute atomic E-state index is 0. The molecule has 0 fully saturated rings. The van der Waals surface area contributed by atoms with Crippen molar-refractivity contribution >= 4 is 28.2 Å². The lowest BCUT2D eigenvalue weighted by molar-refractivity contribution is 0.0941. The highest BCUT2D eigenvalue weighted by molar-refractivity contribution is 7.90. The van der Waals surface area contributed by atoms with Crippen molar-refractivity contribution in [1.82, 2.24) is 5.32 Å². The molecule has 0 heterocycles. The van der Waals surface area contributed by atoms with Gasteiger partial charge in [0.15, 0.2) is 9.84 Å². The van der Waals surface area contributed by atoms with Gasteiger partial charge in [0.05, 0.1) is 4.90 Å². The van der Waals surface area contributed by atoms with E-state index in [1.165, 1.54) is 24.3 Å². The standard InChI is InChI=1S/C11H16N2O3S.ClH/c1-8(7-12)13-11(14)9-3-5-10(6-4-9)17(2,15)16;/h3-6,8H,7,12H2,1-2H3,(H,13,14);1H/t8-;/m0./s1. The molecule has 0 aliphatic heterocycles. The summed E-state index contributed by atoms with van der Waals surface area (Å²) in [5.41, 5.74) is 5.80. The molecule has 1 aromatic rings. The van der Waals surface area contributed by atoms with Crippen molar-refractivity contribution in [3.63, 3.8) is 0 Å². The van der Waals surface area contributed by atoms with E-state index in [9.17, 15) is 13.2 Å². The van der Waals surface area contributed by atoms with Crippen molar-refractivity contribution in [2.75, 3.05) is 12.8 Å². The van der Waals surface area contributed by atoms with Crippen LogP contribution in [-0.4, -0.2) is 33.2 Å². The maximum atomic E-state index is 11.7. The van der Waals surface area contributed by atoms with Gasteiger partial charge >= 0.3 is 0 Å². The van der Waals surface area contributed by atoms with Crippen molar-refractivity contribution in [3.05, 3.63) is 29.8 Å². The Labute approximate surface area is 113 Å². The smallest absolute Gasteiger partial charge is 0.251 e. The number of halogens is 1. The van der Waals surface area contributed by atoms with Crippen LogP contribution in [0.1, 0.15) is 17.3 Å². The SMILES string of the molecule is C[C@@H](CN)NC(=O)c1ccc(S(C)(=O)=O)cc1.Cl. The molecular formula is C11H17ClN2O3S. The van der Waals surface area contributed by atoms with E-state index in [1.807, 2.05) is 0 Å². The van der Waals surface area contributed by atoms with Gasteiger partial charge in [0.25, 0.3) is 5.91 Å². The fourth-order valence-electron chi connectivity index (χ4n) is 1.22. The maximum Gasteiger partial charge on any atom is 0.251 e. The third kappa shape index (κ3) is 4.64. The Balaban J connectivity index is 0.00000289. The Kier molecular flexibility index (Phi) is 6.31. The third-order valence-electron chi connectivity index (χ3n) is 2.28. The summed E-state index contributed by atoms with van der Waals surface area (Å²) in [7, 11) is -3.22. The van der Waals surface area contributed by atoms with Gasteiger partial charge < -0.3 is 11.1 Å². The Bertz CT molecular complexity index is 500. The average molecular weight is 293 g/mol. The summed E-state index contributed by atoms with van der Waals surface area (Å²) in [4.78, 5) is 11.9. The monoisotopic (exact) mass is 292 g/mol. The summed E-state index contributed by atoms with van der Waals surface area (Å²) in [6.45, 7) is 2.15. The summed E-state index contributed by atoms with van der Waals surface area (Å²) in [6.07, 6.45) is 1.12. The maximum absolute atomic E-state index is 11.7. The lowest BCUT2D eigenvalue weighted by atomic mass is 10.2. The summed E-state index contributed by atoms with van der Waals surface area (Å²) in [5, 5.41) is 2.69. The van der Waals surface area contributed by atoms with Crippen LogP contribution in [0, 0.1) is 0 Å². The van der Waals surface area contributed by atoms with Crippen molar-refractivity contribution in [3.8, 4) is 0 Å². The van der Waals surface area contributed by atoms with Crippen molar-refractivity contribution in [2.45, 2.75) is 17.9 Å². The normalized spacial score (nSPS) is 12.4. The van der Waals surface area contributed by atoms with Crippen LogP contribution >= 0.6 is 12.4 Å². The second-order valence-electron chi connectivity index (χ2n) is 3.91. The molecule has 1 rings (SSSR count). The average Bonchev–Trinajstić information content (AvgIpc) is 2.27. The Hall–Kier alpha value is -1.11. The fraction of sp³-hybridized carbons (Fsp3) is 0.364. The van der Waals surface area contributed by atoms with E-state index in [2.05, 4.69) is 5.32 Å². The van der Waals surface area contributed by atoms with Crippen molar-refractivity contribution < 1.29 is 13.2 Å². The minimum Gasteiger partial charge on any atom is -0.348 e.